The minimum atomic E-state index is -0.646. The van der Waals surface area contributed by atoms with E-state index in [1.165, 1.54) is 12.1 Å². The van der Waals surface area contributed by atoms with Gasteiger partial charge in [0.1, 0.15) is 5.82 Å². The average Bonchev–Trinajstić information content (AvgIpc) is 2.92. The molecule has 0 aliphatic rings. The molecule has 0 aliphatic heterocycles. The summed E-state index contributed by atoms with van der Waals surface area (Å²) in [6.45, 7) is 6.42. The lowest BCUT2D eigenvalue weighted by Crippen LogP contribution is -2.41. The van der Waals surface area contributed by atoms with Crippen molar-refractivity contribution in [1.82, 2.24) is 10.3 Å². The van der Waals surface area contributed by atoms with E-state index >= 15 is 0 Å². The van der Waals surface area contributed by atoms with Crippen LogP contribution in [-0.4, -0.2) is 17.4 Å². The first-order valence-corrected chi connectivity index (χ1v) is 8.50. The second kappa shape index (κ2) is 6.71. The maximum Gasteiger partial charge on any atom is 0.230 e. The number of H-pyrrole nitrogens is 1. The Bertz CT molecular complexity index is 894. The van der Waals surface area contributed by atoms with Crippen LogP contribution in [0, 0.1) is 12.7 Å². The number of hydrogen-bond acceptors (Lipinski definition) is 1. The largest absolute Gasteiger partial charge is 0.358 e. The Hall–Kier alpha value is -2.62. The minimum Gasteiger partial charge on any atom is -0.358 e. The molecule has 1 heterocycles. The van der Waals surface area contributed by atoms with Crippen LogP contribution in [0.3, 0.4) is 0 Å². The molecule has 0 aliphatic carbocycles. The maximum atomic E-state index is 12.9. The van der Waals surface area contributed by atoms with Gasteiger partial charge in [-0.2, -0.15) is 0 Å². The number of para-hydroxylation sites is 1. The van der Waals surface area contributed by atoms with E-state index in [1.807, 2.05) is 45.0 Å². The van der Waals surface area contributed by atoms with Gasteiger partial charge in [0.25, 0.3) is 0 Å². The van der Waals surface area contributed by atoms with Crippen LogP contribution in [0.25, 0.3) is 10.9 Å². The van der Waals surface area contributed by atoms with E-state index in [4.69, 9.17) is 0 Å². The predicted molar refractivity (Wildman–Crippen MR) is 99.2 cm³/mol. The summed E-state index contributed by atoms with van der Waals surface area (Å²) in [7, 11) is 0. The number of carbonyl (C=O) groups is 1. The third-order valence-electron chi connectivity index (χ3n) is 4.70. The van der Waals surface area contributed by atoms with Gasteiger partial charge in [-0.25, -0.2) is 4.39 Å². The van der Waals surface area contributed by atoms with E-state index in [2.05, 4.69) is 10.3 Å². The fourth-order valence-electron chi connectivity index (χ4n) is 3.39. The number of carbonyl (C=O) groups excluding carboxylic acids is 1. The van der Waals surface area contributed by atoms with Gasteiger partial charge >= 0.3 is 0 Å². The second-order valence-corrected chi connectivity index (χ2v) is 6.93. The van der Waals surface area contributed by atoms with Gasteiger partial charge in [0.05, 0.1) is 5.41 Å². The molecular weight excluding hydrogens is 315 g/mol. The van der Waals surface area contributed by atoms with E-state index < -0.39 is 5.41 Å². The fourth-order valence-corrected chi connectivity index (χ4v) is 3.39. The standard InChI is InChI=1S/C21H23FN2O/c1-14-19(17-6-4-5-7-18(17)24-14)21(2,3)20(25)23-13-12-15-8-10-16(22)11-9-15/h4-11,24H,12-13H2,1-3H3,(H,23,25). The van der Waals surface area contributed by atoms with Crippen molar-refractivity contribution in [3.63, 3.8) is 0 Å². The van der Waals surface area contributed by atoms with Gasteiger partial charge in [-0.3, -0.25) is 4.79 Å². The molecule has 3 nitrogen and oxygen atoms in total. The van der Waals surface area contributed by atoms with Crippen molar-refractivity contribution in [3.05, 3.63) is 71.2 Å². The summed E-state index contributed by atoms with van der Waals surface area (Å²) in [4.78, 5) is 16.2. The number of halogens is 1. The van der Waals surface area contributed by atoms with Crippen molar-refractivity contribution in [2.45, 2.75) is 32.6 Å². The Morgan fingerprint density at radius 3 is 2.52 bits per heavy atom. The van der Waals surface area contributed by atoms with E-state index in [9.17, 15) is 9.18 Å². The second-order valence-electron chi connectivity index (χ2n) is 6.93. The third kappa shape index (κ3) is 3.43. The molecule has 25 heavy (non-hydrogen) atoms. The Balaban J connectivity index is 1.73. The van der Waals surface area contributed by atoms with Crippen molar-refractivity contribution in [2.24, 2.45) is 0 Å². The van der Waals surface area contributed by atoms with Gasteiger partial charge in [0, 0.05) is 23.1 Å². The molecule has 130 valence electrons. The molecule has 0 spiro atoms. The molecule has 1 amide bonds. The van der Waals surface area contributed by atoms with Gasteiger partial charge < -0.3 is 10.3 Å². The lowest BCUT2D eigenvalue weighted by atomic mass is 9.81. The number of aromatic nitrogens is 1. The highest BCUT2D eigenvalue weighted by Crippen LogP contribution is 2.33. The van der Waals surface area contributed by atoms with Gasteiger partial charge in [0.15, 0.2) is 0 Å². The summed E-state index contributed by atoms with van der Waals surface area (Å²) >= 11 is 0. The molecule has 0 bridgehead atoms. The lowest BCUT2D eigenvalue weighted by molar-refractivity contribution is -0.125. The quantitative estimate of drug-likeness (QED) is 0.718. The van der Waals surface area contributed by atoms with Crippen LogP contribution in [-0.2, 0) is 16.6 Å². The number of amides is 1. The molecule has 0 saturated carbocycles. The zero-order chi connectivity index (χ0) is 18.0. The number of rotatable bonds is 5. The monoisotopic (exact) mass is 338 g/mol. The first kappa shape index (κ1) is 17.2. The zero-order valence-corrected chi connectivity index (χ0v) is 14.8. The number of fused-ring (bicyclic) bond motifs is 1. The van der Waals surface area contributed by atoms with Gasteiger partial charge in [-0.05, 0) is 56.5 Å². The van der Waals surface area contributed by atoms with E-state index in [0.717, 1.165) is 27.7 Å². The molecule has 0 atom stereocenters. The molecule has 3 aromatic rings. The summed E-state index contributed by atoms with van der Waals surface area (Å²) in [6, 6.07) is 14.4. The Morgan fingerprint density at radius 1 is 1.12 bits per heavy atom. The summed E-state index contributed by atoms with van der Waals surface area (Å²) in [5.41, 5.74) is 3.44. The van der Waals surface area contributed by atoms with Crippen LogP contribution in [0.15, 0.2) is 48.5 Å². The minimum absolute atomic E-state index is 0.0116. The van der Waals surface area contributed by atoms with Crippen molar-refractivity contribution >= 4 is 16.8 Å². The van der Waals surface area contributed by atoms with Gasteiger partial charge in [-0.1, -0.05) is 30.3 Å². The molecule has 2 aromatic carbocycles. The van der Waals surface area contributed by atoms with Crippen LogP contribution in [0.2, 0.25) is 0 Å². The number of hydrogen-bond donors (Lipinski definition) is 2. The van der Waals surface area contributed by atoms with E-state index in [-0.39, 0.29) is 11.7 Å². The van der Waals surface area contributed by atoms with Crippen LogP contribution in [0.5, 0.6) is 0 Å². The van der Waals surface area contributed by atoms with Crippen LogP contribution < -0.4 is 5.32 Å². The molecule has 1 aromatic heterocycles. The highest BCUT2D eigenvalue weighted by atomic mass is 19.1. The van der Waals surface area contributed by atoms with Crippen molar-refractivity contribution in [3.8, 4) is 0 Å². The average molecular weight is 338 g/mol. The van der Waals surface area contributed by atoms with Crippen molar-refractivity contribution in [1.29, 1.82) is 0 Å². The van der Waals surface area contributed by atoms with Crippen LogP contribution >= 0.6 is 0 Å². The molecule has 0 saturated heterocycles. The van der Waals surface area contributed by atoms with Crippen molar-refractivity contribution in [2.75, 3.05) is 6.54 Å². The highest BCUT2D eigenvalue weighted by molar-refractivity contribution is 5.95. The number of nitrogens with one attached hydrogen (secondary N) is 2. The fraction of sp³-hybridized carbons (Fsp3) is 0.286. The molecule has 2 N–H and O–H groups in total. The smallest absolute Gasteiger partial charge is 0.230 e. The maximum absolute atomic E-state index is 12.9. The number of benzene rings is 2. The summed E-state index contributed by atoms with van der Waals surface area (Å²) < 4.78 is 12.9. The van der Waals surface area contributed by atoms with E-state index in [0.29, 0.717) is 13.0 Å². The number of aryl methyl sites for hydroxylation is 1. The number of aromatic amines is 1. The highest BCUT2D eigenvalue weighted by Gasteiger charge is 2.33. The Morgan fingerprint density at radius 2 is 1.80 bits per heavy atom. The summed E-state index contributed by atoms with van der Waals surface area (Å²) in [5, 5.41) is 4.10. The normalized spacial score (nSPS) is 11.7. The van der Waals surface area contributed by atoms with Gasteiger partial charge in [-0.15, -0.1) is 0 Å². The Kier molecular flexibility index (Phi) is 4.62. The SMILES string of the molecule is Cc1[nH]c2ccccc2c1C(C)(C)C(=O)NCCc1ccc(F)cc1. The van der Waals surface area contributed by atoms with Crippen LogP contribution in [0.4, 0.5) is 4.39 Å². The third-order valence-corrected chi connectivity index (χ3v) is 4.70. The molecule has 3 rings (SSSR count). The van der Waals surface area contributed by atoms with Crippen LogP contribution in [0.1, 0.15) is 30.7 Å². The molecular formula is C21H23FN2O. The molecule has 0 fully saturated rings. The molecule has 0 radical (unpaired) electrons. The topological polar surface area (TPSA) is 44.9 Å². The zero-order valence-electron chi connectivity index (χ0n) is 14.8. The van der Waals surface area contributed by atoms with E-state index in [1.54, 1.807) is 12.1 Å². The summed E-state index contributed by atoms with van der Waals surface area (Å²) in [6.07, 6.45) is 0.676. The predicted octanol–water partition coefficient (Wildman–Crippen LogP) is 4.25. The van der Waals surface area contributed by atoms with Gasteiger partial charge in [0.2, 0.25) is 5.91 Å². The first-order valence-electron chi connectivity index (χ1n) is 8.50. The summed E-state index contributed by atoms with van der Waals surface area (Å²) in [5.74, 6) is -0.258. The Labute approximate surface area is 147 Å². The molecule has 4 heteroatoms. The first-order chi connectivity index (χ1) is 11.9. The van der Waals surface area contributed by atoms with Crippen molar-refractivity contribution < 1.29 is 9.18 Å². The molecule has 0 unspecified atom stereocenters. The lowest BCUT2D eigenvalue weighted by Gasteiger charge is -2.24.